The summed E-state index contributed by atoms with van der Waals surface area (Å²) in [6, 6.07) is 0. The summed E-state index contributed by atoms with van der Waals surface area (Å²) in [5, 5.41) is 16.7. The first-order valence-electron chi connectivity index (χ1n) is 3.34. The molecule has 0 aromatic heterocycles. The summed E-state index contributed by atoms with van der Waals surface area (Å²) in [6.45, 7) is 0. The van der Waals surface area contributed by atoms with Gasteiger partial charge in [0.2, 0.25) is 11.9 Å². The van der Waals surface area contributed by atoms with E-state index in [0.717, 1.165) is 0 Å². The van der Waals surface area contributed by atoms with Crippen LogP contribution in [0.4, 0.5) is 17.6 Å². The minimum Gasteiger partial charge on any atom is -0.504 e. The first kappa shape index (κ1) is 10.6. The molecule has 1 atom stereocenters. The second-order valence-corrected chi connectivity index (χ2v) is 2.59. The molecule has 1 aliphatic rings. The third-order valence-electron chi connectivity index (χ3n) is 1.66. The minimum atomic E-state index is -4.54. The van der Waals surface area contributed by atoms with E-state index in [9.17, 15) is 22.4 Å². The fourth-order valence-electron chi connectivity index (χ4n) is 0.923. The Morgan fingerprint density at radius 3 is 2.43 bits per heavy atom. The summed E-state index contributed by atoms with van der Waals surface area (Å²) in [7, 11) is 0. The fraction of sp³-hybridized carbons (Fsp3) is 0.286. The van der Waals surface area contributed by atoms with Crippen LogP contribution in [0, 0.1) is 0 Å². The Bertz CT molecular complexity index is 345. The predicted octanol–water partition coefficient (Wildman–Crippen LogP) is 1.72. The number of carbonyl (C=O) groups is 1. The standard InChI is InChI=1S/C7H4F4O3/c8-3-1-2(6(13)14)4(9)7(10,11)5(3)12/h1,4,12H,(H,13,14). The van der Waals surface area contributed by atoms with E-state index < -0.39 is 35.2 Å². The van der Waals surface area contributed by atoms with Crippen LogP contribution in [0.1, 0.15) is 0 Å². The van der Waals surface area contributed by atoms with Gasteiger partial charge in [0, 0.05) is 0 Å². The van der Waals surface area contributed by atoms with Crippen molar-refractivity contribution in [2.75, 3.05) is 0 Å². The van der Waals surface area contributed by atoms with Gasteiger partial charge in [0.1, 0.15) is 0 Å². The normalized spacial score (nSPS) is 26.0. The quantitative estimate of drug-likeness (QED) is 0.650. The lowest BCUT2D eigenvalue weighted by atomic mass is 9.97. The maximum Gasteiger partial charge on any atom is 0.341 e. The number of allylic oxidation sites excluding steroid dienone is 3. The van der Waals surface area contributed by atoms with Crippen molar-refractivity contribution in [3.8, 4) is 0 Å². The van der Waals surface area contributed by atoms with E-state index in [0.29, 0.717) is 0 Å². The van der Waals surface area contributed by atoms with Gasteiger partial charge in [-0.15, -0.1) is 0 Å². The third kappa shape index (κ3) is 1.34. The predicted molar refractivity (Wildman–Crippen MR) is 36.3 cm³/mol. The molecule has 0 aromatic carbocycles. The van der Waals surface area contributed by atoms with Gasteiger partial charge in [0.15, 0.2) is 5.83 Å². The summed E-state index contributed by atoms with van der Waals surface area (Å²) in [5.41, 5.74) is -1.43. The molecule has 3 nitrogen and oxygen atoms in total. The van der Waals surface area contributed by atoms with E-state index in [1.807, 2.05) is 0 Å². The molecule has 2 N–H and O–H groups in total. The van der Waals surface area contributed by atoms with E-state index >= 15 is 0 Å². The molecule has 0 saturated carbocycles. The fourth-order valence-corrected chi connectivity index (χ4v) is 0.923. The van der Waals surface area contributed by atoms with Gasteiger partial charge >= 0.3 is 11.9 Å². The summed E-state index contributed by atoms with van der Waals surface area (Å²) in [4.78, 5) is 10.2. The van der Waals surface area contributed by atoms with Crippen molar-refractivity contribution in [1.29, 1.82) is 0 Å². The highest BCUT2D eigenvalue weighted by atomic mass is 19.3. The van der Waals surface area contributed by atoms with Crippen LogP contribution in [-0.2, 0) is 4.79 Å². The Kier molecular flexibility index (Phi) is 2.26. The van der Waals surface area contributed by atoms with Gasteiger partial charge in [-0.2, -0.15) is 8.78 Å². The van der Waals surface area contributed by atoms with Crippen LogP contribution < -0.4 is 0 Å². The Hall–Kier alpha value is -1.53. The monoisotopic (exact) mass is 212 g/mol. The molecule has 78 valence electrons. The van der Waals surface area contributed by atoms with Gasteiger partial charge in [-0.3, -0.25) is 0 Å². The molecule has 0 aromatic rings. The van der Waals surface area contributed by atoms with Crippen LogP contribution >= 0.6 is 0 Å². The van der Waals surface area contributed by atoms with Crippen molar-refractivity contribution in [3.63, 3.8) is 0 Å². The molecule has 0 bridgehead atoms. The zero-order valence-electron chi connectivity index (χ0n) is 6.47. The Balaban J connectivity index is 3.27. The van der Waals surface area contributed by atoms with Crippen LogP contribution in [0.3, 0.4) is 0 Å². The van der Waals surface area contributed by atoms with Crippen molar-refractivity contribution in [2.24, 2.45) is 0 Å². The Morgan fingerprint density at radius 2 is 2.00 bits per heavy atom. The average Bonchev–Trinajstić information content (AvgIpc) is 2.08. The minimum absolute atomic E-state index is 0.0275. The highest BCUT2D eigenvalue weighted by Gasteiger charge is 2.52. The first-order chi connectivity index (χ1) is 6.28. The van der Waals surface area contributed by atoms with Crippen LogP contribution in [0.15, 0.2) is 23.2 Å². The molecule has 7 heteroatoms. The Morgan fingerprint density at radius 1 is 1.50 bits per heavy atom. The van der Waals surface area contributed by atoms with Crippen LogP contribution in [-0.4, -0.2) is 28.3 Å². The summed E-state index contributed by atoms with van der Waals surface area (Å²) >= 11 is 0. The number of aliphatic hydroxyl groups is 1. The summed E-state index contributed by atoms with van der Waals surface area (Å²) in [5.74, 6) is -10.5. The number of aliphatic carboxylic acids is 1. The number of carboxylic acid groups (broad SMARTS) is 1. The molecule has 1 rings (SSSR count). The van der Waals surface area contributed by atoms with E-state index in [1.165, 1.54) is 0 Å². The SMILES string of the molecule is O=C(O)C1=CC(F)=C(O)C(F)(F)C1F. The molecule has 0 spiro atoms. The molecule has 1 aliphatic carbocycles. The van der Waals surface area contributed by atoms with Crippen molar-refractivity contribution in [3.05, 3.63) is 23.2 Å². The number of hydrogen-bond acceptors (Lipinski definition) is 2. The number of halogens is 4. The van der Waals surface area contributed by atoms with Gasteiger partial charge in [0.05, 0.1) is 5.57 Å². The van der Waals surface area contributed by atoms with Crippen LogP contribution in [0.2, 0.25) is 0 Å². The van der Waals surface area contributed by atoms with Crippen LogP contribution in [0.5, 0.6) is 0 Å². The topological polar surface area (TPSA) is 57.5 Å². The number of carboxylic acids is 1. The lowest BCUT2D eigenvalue weighted by molar-refractivity contribution is -0.136. The zero-order valence-corrected chi connectivity index (χ0v) is 6.47. The molecule has 0 aliphatic heterocycles. The molecule has 0 heterocycles. The first-order valence-corrected chi connectivity index (χ1v) is 3.34. The van der Waals surface area contributed by atoms with E-state index in [1.54, 1.807) is 0 Å². The highest BCUT2D eigenvalue weighted by Crippen LogP contribution is 2.39. The molecule has 0 amide bonds. The molecule has 0 radical (unpaired) electrons. The van der Waals surface area contributed by atoms with Crippen LogP contribution in [0.25, 0.3) is 0 Å². The number of rotatable bonds is 1. The maximum absolute atomic E-state index is 12.7. The van der Waals surface area contributed by atoms with Crippen molar-refractivity contribution >= 4 is 5.97 Å². The maximum atomic E-state index is 12.7. The van der Waals surface area contributed by atoms with E-state index in [-0.39, 0.29) is 6.08 Å². The number of hydrogen-bond donors (Lipinski definition) is 2. The second kappa shape index (κ2) is 3.00. The molecular formula is C7H4F4O3. The van der Waals surface area contributed by atoms with Gasteiger partial charge in [-0.25, -0.2) is 13.6 Å². The Labute approximate surface area is 75.0 Å². The van der Waals surface area contributed by atoms with Crippen molar-refractivity contribution in [1.82, 2.24) is 0 Å². The molecule has 0 fully saturated rings. The van der Waals surface area contributed by atoms with E-state index in [4.69, 9.17) is 10.2 Å². The number of aliphatic hydroxyl groups excluding tert-OH is 1. The molecule has 1 unspecified atom stereocenters. The van der Waals surface area contributed by atoms with E-state index in [2.05, 4.69) is 0 Å². The largest absolute Gasteiger partial charge is 0.504 e. The van der Waals surface area contributed by atoms with Gasteiger partial charge in [0.25, 0.3) is 0 Å². The smallest absolute Gasteiger partial charge is 0.341 e. The van der Waals surface area contributed by atoms with Crippen molar-refractivity contribution in [2.45, 2.75) is 12.1 Å². The average molecular weight is 212 g/mol. The van der Waals surface area contributed by atoms with Gasteiger partial charge in [-0.05, 0) is 6.08 Å². The molecular weight excluding hydrogens is 208 g/mol. The van der Waals surface area contributed by atoms with Crippen molar-refractivity contribution < 1.29 is 32.6 Å². The molecule has 0 saturated heterocycles. The molecule has 14 heavy (non-hydrogen) atoms. The number of alkyl halides is 3. The lowest BCUT2D eigenvalue weighted by Gasteiger charge is -2.23. The summed E-state index contributed by atoms with van der Waals surface area (Å²) in [6.07, 6.45) is -3.22. The third-order valence-corrected chi connectivity index (χ3v) is 1.66. The van der Waals surface area contributed by atoms with Gasteiger partial charge in [-0.1, -0.05) is 0 Å². The highest BCUT2D eigenvalue weighted by molar-refractivity contribution is 5.89. The second-order valence-electron chi connectivity index (χ2n) is 2.59. The summed E-state index contributed by atoms with van der Waals surface area (Å²) < 4.78 is 50.5. The zero-order chi connectivity index (χ0) is 11.1. The lowest BCUT2D eigenvalue weighted by Crippen LogP contribution is -2.38. The van der Waals surface area contributed by atoms with Gasteiger partial charge < -0.3 is 10.2 Å².